The summed E-state index contributed by atoms with van der Waals surface area (Å²) < 4.78 is 0. The van der Waals surface area contributed by atoms with E-state index in [4.69, 9.17) is 0 Å². The maximum absolute atomic E-state index is 11.6. The smallest absolute Gasteiger partial charge is 0.336 e. The average molecular weight is 337 g/mol. The summed E-state index contributed by atoms with van der Waals surface area (Å²) in [6, 6.07) is 0.893. The zero-order chi connectivity index (χ0) is 18.6. The van der Waals surface area contributed by atoms with Crippen LogP contribution in [0.4, 0.5) is 17.1 Å². The first-order chi connectivity index (χ1) is 11.1. The van der Waals surface area contributed by atoms with Crippen molar-refractivity contribution in [2.24, 2.45) is 0 Å². The Morgan fingerprint density at radius 3 is 2.21 bits per heavy atom. The van der Waals surface area contributed by atoms with E-state index in [2.05, 4.69) is 6.58 Å². The first-order valence-electron chi connectivity index (χ1n) is 7.26. The Bertz CT molecular complexity index is 714. The number of likely N-dealkylation sites (N-methyl/N-ethyl adjacent to an activating group) is 1. The minimum atomic E-state index is -1.44. The predicted octanol–water partition coefficient (Wildman–Crippen LogP) is 3.17. The number of carboxylic acids is 1. The number of nitrogens with zero attached hydrogens (tertiary/aromatic N) is 3. The molecule has 0 radical (unpaired) electrons. The topological polar surface area (TPSA) is 127 Å². The van der Waals surface area contributed by atoms with E-state index < -0.39 is 32.8 Å². The van der Waals surface area contributed by atoms with Crippen molar-refractivity contribution in [2.75, 3.05) is 18.0 Å². The van der Waals surface area contributed by atoms with Gasteiger partial charge < -0.3 is 10.0 Å². The largest absolute Gasteiger partial charge is 0.478 e. The van der Waals surface area contributed by atoms with Gasteiger partial charge in [-0.2, -0.15) is 0 Å². The summed E-state index contributed by atoms with van der Waals surface area (Å²) in [6.07, 6.45) is 0.0631. The highest BCUT2D eigenvalue weighted by Crippen LogP contribution is 2.42. The van der Waals surface area contributed by atoms with Gasteiger partial charge in [-0.3, -0.25) is 20.2 Å². The lowest BCUT2D eigenvalue weighted by molar-refractivity contribution is -0.393. The Morgan fingerprint density at radius 2 is 1.88 bits per heavy atom. The fraction of sp³-hybridized carbons (Fsp3) is 0.400. The van der Waals surface area contributed by atoms with Crippen LogP contribution < -0.4 is 4.90 Å². The fourth-order valence-electron chi connectivity index (χ4n) is 2.56. The van der Waals surface area contributed by atoms with Gasteiger partial charge in [0.25, 0.3) is 0 Å². The number of anilines is 1. The van der Waals surface area contributed by atoms with Gasteiger partial charge >= 0.3 is 17.3 Å². The lowest BCUT2D eigenvalue weighted by Crippen LogP contribution is -2.27. The number of carbonyl (C=O) groups is 1. The van der Waals surface area contributed by atoms with Gasteiger partial charge in [-0.25, -0.2) is 4.79 Å². The molecule has 0 saturated heterocycles. The normalized spacial score (nSPS) is 10.3. The van der Waals surface area contributed by atoms with Crippen LogP contribution in [0.5, 0.6) is 0 Å². The third kappa shape index (κ3) is 3.67. The van der Waals surface area contributed by atoms with E-state index >= 15 is 0 Å². The predicted molar refractivity (Wildman–Crippen MR) is 88.8 cm³/mol. The molecule has 0 fully saturated rings. The molecule has 24 heavy (non-hydrogen) atoms. The van der Waals surface area contributed by atoms with Gasteiger partial charge in [0.05, 0.1) is 15.4 Å². The van der Waals surface area contributed by atoms with Crippen molar-refractivity contribution < 1.29 is 19.7 Å². The molecule has 1 N–H and O–H groups in total. The van der Waals surface area contributed by atoms with Gasteiger partial charge in [-0.05, 0) is 20.3 Å². The number of carboxylic acid groups (broad SMARTS) is 1. The van der Waals surface area contributed by atoms with Crippen molar-refractivity contribution in [3.05, 3.63) is 49.6 Å². The lowest BCUT2D eigenvalue weighted by atomic mass is 9.99. The summed E-state index contributed by atoms with van der Waals surface area (Å²) in [4.78, 5) is 34.3. The molecule has 0 aliphatic carbocycles. The Morgan fingerprint density at radius 1 is 1.29 bits per heavy atom. The van der Waals surface area contributed by atoms with Crippen LogP contribution in [-0.2, 0) is 6.42 Å². The molecule has 1 rings (SSSR count). The van der Waals surface area contributed by atoms with Crippen molar-refractivity contribution in [3.8, 4) is 0 Å². The number of benzene rings is 1. The molecular formula is C15H19N3O6. The van der Waals surface area contributed by atoms with Gasteiger partial charge in [0.1, 0.15) is 0 Å². The SMILES string of the molecule is C=C(C)CN(CC)c1c([N+](=O)[O-])cc(C(=O)O)c(CC)c1[N+](=O)[O-]. The van der Waals surface area contributed by atoms with Crippen LogP contribution in [0.25, 0.3) is 0 Å². The summed E-state index contributed by atoms with van der Waals surface area (Å²) in [5.41, 5.74) is -1.11. The Kier molecular flexibility index (Phi) is 5.99. The van der Waals surface area contributed by atoms with Crippen LogP contribution in [0.2, 0.25) is 0 Å². The third-order valence-corrected chi connectivity index (χ3v) is 3.48. The van der Waals surface area contributed by atoms with Crippen LogP contribution in [0, 0.1) is 20.2 Å². The first kappa shape index (κ1) is 19.1. The molecular weight excluding hydrogens is 318 g/mol. The van der Waals surface area contributed by atoms with Gasteiger partial charge in [-0.1, -0.05) is 19.1 Å². The minimum absolute atomic E-state index is 0.0340. The number of hydrogen-bond donors (Lipinski definition) is 1. The van der Waals surface area contributed by atoms with Crippen molar-refractivity contribution >= 4 is 23.0 Å². The van der Waals surface area contributed by atoms with Gasteiger partial charge in [0, 0.05) is 24.7 Å². The molecule has 0 bridgehead atoms. The average Bonchev–Trinajstić information content (AvgIpc) is 2.49. The maximum Gasteiger partial charge on any atom is 0.336 e. The van der Waals surface area contributed by atoms with Crippen LogP contribution in [0.1, 0.15) is 36.7 Å². The van der Waals surface area contributed by atoms with Crippen LogP contribution in [-0.4, -0.2) is 34.0 Å². The molecule has 130 valence electrons. The Labute approximate surface area is 138 Å². The first-order valence-corrected chi connectivity index (χ1v) is 7.26. The number of nitro groups is 2. The standard InChI is InChI=1S/C15H19N3O6/c1-5-10-11(15(19)20)7-12(17(21)22)14(13(10)18(23)24)16(6-2)8-9(3)4/h7H,3,5-6,8H2,1-2,4H3,(H,19,20). The number of hydrogen-bond acceptors (Lipinski definition) is 6. The summed E-state index contributed by atoms with van der Waals surface area (Å²) in [7, 11) is 0. The van der Waals surface area contributed by atoms with Crippen LogP contribution in [0.15, 0.2) is 18.2 Å². The molecule has 0 spiro atoms. The second kappa shape index (κ2) is 7.53. The molecule has 0 heterocycles. The van der Waals surface area contributed by atoms with E-state index in [1.165, 1.54) is 4.90 Å². The van der Waals surface area contributed by atoms with Crippen molar-refractivity contribution in [2.45, 2.75) is 27.2 Å². The number of rotatable bonds is 8. The molecule has 0 unspecified atom stereocenters. The second-order valence-corrected chi connectivity index (χ2v) is 5.26. The minimum Gasteiger partial charge on any atom is -0.478 e. The van der Waals surface area contributed by atoms with Gasteiger partial charge in [0.15, 0.2) is 5.69 Å². The molecule has 0 aromatic heterocycles. The van der Waals surface area contributed by atoms with Gasteiger partial charge in [-0.15, -0.1) is 0 Å². The van der Waals surface area contributed by atoms with E-state index in [1.807, 2.05) is 0 Å². The molecule has 0 amide bonds. The zero-order valence-corrected chi connectivity index (χ0v) is 13.7. The Hall–Kier alpha value is -2.97. The van der Waals surface area contributed by atoms with E-state index in [-0.39, 0.29) is 30.8 Å². The van der Waals surface area contributed by atoms with Crippen molar-refractivity contribution in [1.29, 1.82) is 0 Å². The molecule has 9 heteroatoms. The number of nitro benzene ring substituents is 2. The molecule has 1 aromatic rings. The van der Waals surface area contributed by atoms with Crippen molar-refractivity contribution in [3.63, 3.8) is 0 Å². The molecule has 0 atom stereocenters. The second-order valence-electron chi connectivity index (χ2n) is 5.26. The molecule has 0 aliphatic rings. The maximum atomic E-state index is 11.6. The zero-order valence-electron chi connectivity index (χ0n) is 13.7. The monoisotopic (exact) mass is 337 g/mol. The molecule has 0 saturated carbocycles. The van der Waals surface area contributed by atoms with Crippen LogP contribution in [0.3, 0.4) is 0 Å². The van der Waals surface area contributed by atoms with E-state index in [0.717, 1.165) is 6.07 Å². The Balaban J connectivity index is 3.95. The number of aromatic carboxylic acids is 1. The van der Waals surface area contributed by atoms with E-state index in [0.29, 0.717) is 5.57 Å². The summed E-state index contributed by atoms with van der Waals surface area (Å²) in [5, 5.41) is 32.3. The molecule has 9 nitrogen and oxygen atoms in total. The highest BCUT2D eigenvalue weighted by Gasteiger charge is 2.35. The lowest BCUT2D eigenvalue weighted by Gasteiger charge is -2.24. The van der Waals surface area contributed by atoms with Crippen molar-refractivity contribution in [1.82, 2.24) is 0 Å². The van der Waals surface area contributed by atoms with E-state index in [9.17, 15) is 30.1 Å². The highest BCUT2D eigenvalue weighted by molar-refractivity contribution is 5.95. The fourth-order valence-corrected chi connectivity index (χ4v) is 2.56. The molecule has 1 aromatic carbocycles. The third-order valence-electron chi connectivity index (χ3n) is 3.48. The quantitative estimate of drug-likeness (QED) is 0.438. The highest BCUT2D eigenvalue weighted by atomic mass is 16.6. The summed E-state index contributed by atoms with van der Waals surface area (Å²) >= 11 is 0. The molecule has 0 aliphatic heterocycles. The van der Waals surface area contributed by atoms with Gasteiger partial charge in [0.2, 0.25) is 0 Å². The summed E-state index contributed by atoms with van der Waals surface area (Å²) in [6.45, 7) is 9.16. The summed E-state index contributed by atoms with van der Waals surface area (Å²) in [5.74, 6) is -1.44. The van der Waals surface area contributed by atoms with E-state index in [1.54, 1.807) is 20.8 Å². The van der Waals surface area contributed by atoms with Crippen LogP contribution >= 0.6 is 0 Å².